The van der Waals surface area contributed by atoms with Crippen LogP contribution < -0.4 is 0 Å². The number of benzene rings is 1. The van der Waals surface area contributed by atoms with Crippen LogP contribution in [0.1, 0.15) is 28.7 Å². The molecule has 1 N–H and O–H groups in total. The second kappa shape index (κ2) is 4.43. The molecule has 0 aliphatic carbocycles. The van der Waals surface area contributed by atoms with Gasteiger partial charge in [0.2, 0.25) is 0 Å². The Morgan fingerprint density at radius 3 is 2.31 bits per heavy atom. The van der Waals surface area contributed by atoms with E-state index in [1.165, 1.54) is 22.3 Å². The van der Waals surface area contributed by atoms with Crippen LogP contribution in [0.5, 0.6) is 0 Å². The highest BCUT2D eigenvalue weighted by atomic mass is 16.2. The molecule has 0 aromatic heterocycles. The molecule has 1 heteroatoms. The number of aliphatic hydroxyl groups is 1. The van der Waals surface area contributed by atoms with Crippen LogP contribution in [0.25, 0.3) is 0 Å². The van der Waals surface area contributed by atoms with Crippen molar-refractivity contribution < 1.29 is 5.11 Å². The lowest BCUT2D eigenvalue weighted by atomic mass is 9.95. The molecule has 1 nitrogen and oxygen atoms in total. The van der Waals surface area contributed by atoms with Crippen LogP contribution in [0, 0.1) is 20.8 Å². The normalized spacial score (nSPS) is 10.5. The summed E-state index contributed by atoms with van der Waals surface area (Å²) in [5, 5.41) is 8.78. The molecule has 0 fully saturated rings. The van der Waals surface area contributed by atoms with Crippen LogP contribution >= 0.6 is 0 Å². The summed E-state index contributed by atoms with van der Waals surface area (Å²) < 4.78 is 0. The highest BCUT2D eigenvalue weighted by molar-refractivity contribution is 5.39. The quantitative estimate of drug-likeness (QED) is 0.754. The zero-order valence-electron chi connectivity index (χ0n) is 8.72. The molecule has 0 radical (unpaired) electrons. The number of aryl methyl sites for hydroxylation is 2. The van der Waals surface area contributed by atoms with Crippen LogP contribution in [0.2, 0.25) is 0 Å². The lowest BCUT2D eigenvalue weighted by Gasteiger charge is -2.11. The van der Waals surface area contributed by atoms with Crippen LogP contribution in [-0.2, 0) is 6.42 Å². The van der Waals surface area contributed by atoms with Crippen molar-refractivity contribution in [1.82, 2.24) is 0 Å². The maximum atomic E-state index is 8.78. The zero-order valence-corrected chi connectivity index (χ0v) is 8.72. The van der Waals surface area contributed by atoms with Gasteiger partial charge in [-0.15, -0.1) is 0 Å². The Labute approximate surface area is 80.4 Å². The predicted molar refractivity (Wildman–Crippen MR) is 56.1 cm³/mol. The number of rotatable bonds is 3. The fourth-order valence-corrected chi connectivity index (χ4v) is 1.65. The fourth-order valence-electron chi connectivity index (χ4n) is 1.65. The lowest BCUT2D eigenvalue weighted by Crippen LogP contribution is -1.98. The monoisotopic (exact) mass is 178 g/mol. The predicted octanol–water partition coefficient (Wildman–Crippen LogP) is 2.54. The van der Waals surface area contributed by atoms with E-state index in [0.717, 1.165) is 12.8 Å². The van der Waals surface area contributed by atoms with Crippen molar-refractivity contribution in [1.29, 1.82) is 0 Å². The standard InChI is InChI=1S/C12H18O/c1-9-6-7-10(2)12(11(9)3)5-4-8-13/h6-7,13H,4-5,8H2,1-3H3. The van der Waals surface area contributed by atoms with E-state index in [1.54, 1.807) is 0 Å². The summed E-state index contributed by atoms with van der Waals surface area (Å²) in [7, 11) is 0. The zero-order chi connectivity index (χ0) is 9.84. The molecule has 0 saturated carbocycles. The largest absolute Gasteiger partial charge is 0.396 e. The molecule has 1 rings (SSSR count). The third kappa shape index (κ3) is 2.31. The minimum atomic E-state index is 0.285. The molecular formula is C12H18O. The molecule has 0 heterocycles. The average molecular weight is 178 g/mol. The highest BCUT2D eigenvalue weighted by Crippen LogP contribution is 2.18. The Kier molecular flexibility index (Phi) is 3.49. The van der Waals surface area contributed by atoms with Gasteiger partial charge in [-0.1, -0.05) is 12.1 Å². The van der Waals surface area contributed by atoms with Crippen molar-refractivity contribution in [3.8, 4) is 0 Å². The summed E-state index contributed by atoms with van der Waals surface area (Å²) in [6, 6.07) is 4.32. The number of hydrogen-bond acceptors (Lipinski definition) is 1. The van der Waals surface area contributed by atoms with Crippen LogP contribution in [0.15, 0.2) is 12.1 Å². The van der Waals surface area contributed by atoms with Crippen molar-refractivity contribution in [2.45, 2.75) is 33.6 Å². The molecule has 0 spiro atoms. The van der Waals surface area contributed by atoms with E-state index in [1.807, 2.05) is 0 Å². The molecule has 0 amide bonds. The Bertz CT molecular complexity index is 289. The van der Waals surface area contributed by atoms with Gasteiger partial charge in [0.05, 0.1) is 0 Å². The first-order chi connectivity index (χ1) is 6.16. The molecule has 1 aromatic rings. The third-order valence-corrected chi connectivity index (χ3v) is 2.69. The minimum Gasteiger partial charge on any atom is -0.396 e. The topological polar surface area (TPSA) is 20.2 Å². The van der Waals surface area contributed by atoms with E-state index in [-0.39, 0.29) is 6.61 Å². The first-order valence-corrected chi connectivity index (χ1v) is 4.83. The van der Waals surface area contributed by atoms with Gasteiger partial charge in [-0.3, -0.25) is 0 Å². The minimum absolute atomic E-state index is 0.285. The summed E-state index contributed by atoms with van der Waals surface area (Å²) in [6.45, 7) is 6.72. The molecule has 0 aliphatic rings. The molecule has 72 valence electrons. The van der Waals surface area contributed by atoms with Crippen LogP contribution in [0.4, 0.5) is 0 Å². The van der Waals surface area contributed by atoms with E-state index >= 15 is 0 Å². The van der Waals surface area contributed by atoms with Gasteiger partial charge in [-0.25, -0.2) is 0 Å². The second-order valence-electron chi connectivity index (χ2n) is 3.63. The van der Waals surface area contributed by atoms with E-state index in [0.29, 0.717) is 0 Å². The van der Waals surface area contributed by atoms with Gasteiger partial charge in [-0.2, -0.15) is 0 Å². The average Bonchev–Trinajstić information content (AvgIpc) is 2.12. The van der Waals surface area contributed by atoms with Gasteiger partial charge in [0, 0.05) is 6.61 Å². The van der Waals surface area contributed by atoms with Gasteiger partial charge in [0.25, 0.3) is 0 Å². The molecular weight excluding hydrogens is 160 g/mol. The Morgan fingerprint density at radius 1 is 1.08 bits per heavy atom. The molecule has 0 atom stereocenters. The van der Waals surface area contributed by atoms with Crippen molar-refractivity contribution in [3.05, 3.63) is 34.4 Å². The van der Waals surface area contributed by atoms with Crippen molar-refractivity contribution in [2.75, 3.05) is 6.61 Å². The van der Waals surface area contributed by atoms with Crippen LogP contribution in [0.3, 0.4) is 0 Å². The molecule has 0 aliphatic heterocycles. The van der Waals surface area contributed by atoms with Gasteiger partial charge < -0.3 is 5.11 Å². The molecule has 13 heavy (non-hydrogen) atoms. The SMILES string of the molecule is Cc1ccc(C)c(CCCO)c1C. The maximum absolute atomic E-state index is 8.78. The summed E-state index contributed by atoms with van der Waals surface area (Å²) in [5.74, 6) is 0. The molecule has 0 unspecified atom stereocenters. The van der Waals surface area contributed by atoms with Crippen molar-refractivity contribution in [2.24, 2.45) is 0 Å². The van der Waals surface area contributed by atoms with E-state index < -0.39 is 0 Å². The summed E-state index contributed by atoms with van der Waals surface area (Å²) in [5.41, 5.74) is 5.48. The van der Waals surface area contributed by atoms with Gasteiger partial charge in [0.1, 0.15) is 0 Å². The summed E-state index contributed by atoms with van der Waals surface area (Å²) >= 11 is 0. The Morgan fingerprint density at radius 2 is 1.69 bits per heavy atom. The summed E-state index contributed by atoms with van der Waals surface area (Å²) in [4.78, 5) is 0. The van der Waals surface area contributed by atoms with Crippen molar-refractivity contribution in [3.63, 3.8) is 0 Å². The van der Waals surface area contributed by atoms with Gasteiger partial charge in [-0.05, 0) is 55.9 Å². The number of aliphatic hydroxyl groups excluding tert-OH is 1. The Hall–Kier alpha value is -0.820. The molecule has 0 bridgehead atoms. The first-order valence-electron chi connectivity index (χ1n) is 4.83. The molecule has 0 saturated heterocycles. The Balaban J connectivity index is 2.96. The fraction of sp³-hybridized carbons (Fsp3) is 0.500. The summed E-state index contributed by atoms with van der Waals surface area (Å²) in [6.07, 6.45) is 1.86. The smallest absolute Gasteiger partial charge is 0.0434 e. The van der Waals surface area contributed by atoms with Gasteiger partial charge in [0.15, 0.2) is 0 Å². The number of hydrogen-bond donors (Lipinski definition) is 1. The van der Waals surface area contributed by atoms with Gasteiger partial charge >= 0.3 is 0 Å². The maximum Gasteiger partial charge on any atom is 0.0434 e. The van der Waals surface area contributed by atoms with Crippen molar-refractivity contribution >= 4 is 0 Å². The lowest BCUT2D eigenvalue weighted by molar-refractivity contribution is 0.288. The first kappa shape index (κ1) is 10.3. The van der Waals surface area contributed by atoms with E-state index in [2.05, 4.69) is 32.9 Å². The third-order valence-electron chi connectivity index (χ3n) is 2.69. The molecule has 1 aromatic carbocycles. The second-order valence-corrected chi connectivity index (χ2v) is 3.63. The van der Waals surface area contributed by atoms with E-state index in [9.17, 15) is 0 Å². The van der Waals surface area contributed by atoms with Crippen LogP contribution in [-0.4, -0.2) is 11.7 Å². The highest BCUT2D eigenvalue weighted by Gasteiger charge is 2.03. The van der Waals surface area contributed by atoms with E-state index in [4.69, 9.17) is 5.11 Å².